The third-order valence-corrected chi connectivity index (χ3v) is 2.97. The molecule has 1 aromatic heterocycles. The van der Waals surface area contributed by atoms with Crippen molar-refractivity contribution in [2.24, 2.45) is 5.92 Å². The standard InChI is InChI=1S/C15H19N3O3/c1-9(2)8-17-15(20)18-13-12(16-3)10-6-4-5-7-11(10)21-14(13)19/h4-7,9,16H,8H2,1-3H3,(H2,17,18,20). The number of amides is 2. The van der Waals surface area contributed by atoms with Crippen LogP contribution in [0.2, 0.25) is 0 Å². The molecule has 0 aliphatic heterocycles. The number of anilines is 2. The molecule has 2 rings (SSSR count). The third kappa shape index (κ3) is 3.34. The first-order valence-corrected chi connectivity index (χ1v) is 6.81. The zero-order valence-corrected chi connectivity index (χ0v) is 12.3. The van der Waals surface area contributed by atoms with Crippen LogP contribution in [-0.2, 0) is 0 Å². The van der Waals surface area contributed by atoms with Crippen LogP contribution in [0.3, 0.4) is 0 Å². The lowest BCUT2D eigenvalue weighted by Gasteiger charge is -2.13. The molecule has 6 nitrogen and oxygen atoms in total. The van der Waals surface area contributed by atoms with Crippen molar-refractivity contribution in [2.75, 3.05) is 24.2 Å². The van der Waals surface area contributed by atoms with E-state index < -0.39 is 11.7 Å². The van der Waals surface area contributed by atoms with E-state index in [9.17, 15) is 9.59 Å². The summed E-state index contributed by atoms with van der Waals surface area (Å²) in [5.74, 6) is 0.326. The van der Waals surface area contributed by atoms with E-state index in [0.717, 1.165) is 5.39 Å². The highest BCUT2D eigenvalue weighted by Gasteiger charge is 2.15. The second-order valence-electron chi connectivity index (χ2n) is 5.11. The van der Waals surface area contributed by atoms with E-state index in [2.05, 4.69) is 16.0 Å². The first-order valence-electron chi connectivity index (χ1n) is 6.81. The number of benzene rings is 1. The normalized spacial score (nSPS) is 10.7. The van der Waals surface area contributed by atoms with Crippen LogP contribution in [0.15, 0.2) is 33.5 Å². The molecule has 1 aromatic carbocycles. The first kappa shape index (κ1) is 14.9. The summed E-state index contributed by atoms with van der Waals surface area (Å²) in [5, 5.41) is 8.94. The average molecular weight is 289 g/mol. The lowest BCUT2D eigenvalue weighted by Crippen LogP contribution is -2.33. The van der Waals surface area contributed by atoms with Crippen LogP contribution in [-0.4, -0.2) is 19.6 Å². The van der Waals surface area contributed by atoms with Gasteiger partial charge in [-0.2, -0.15) is 0 Å². The number of fused-ring (bicyclic) bond motifs is 1. The lowest BCUT2D eigenvalue weighted by molar-refractivity contribution is 0.251. The van der Waals surface area contributed by atoms with Crippen molar-refractivity contribution in [1.82, 2.24) is 5.32 Å². The van der Waals surface area contributed by atoms with Crippen LogP contribution in [0.5, 0.6) is 0 Å². The van der Waals surface area contributed by atoms with Crippen molar-refractivity contribution in [3.8, 4) is 0 Å². The van der Waals surface area contributed by atoms with Gasteiger partial charge in [0.25, 0.3) is 0 Å². The van der Waals surface area contributed by atoms with Gasteiger partial charge in [-0.15, -0.1) is 0 Å². The topological polar surface area (TPSA) is 83.4 Å². The van der Waals surface area contributed by atoms with Crippen LogP contribution < -0.4 is 21.6 Å². The molecule has 0 spiro atoms. The molecule has 6 heteroatoms. The third-order valence-electron chi connectivity index (χ3n) is 2.97. The Bertz CT molecular complexity index is 707. The fourth-order valence-corrected chi connectivity index (χ4v) is 1.98. The summed E-state index contributed by atoms with van der Waals surface area (Å²) in [5.41, 5.74) is 0.539. The molecule has 0 bridgehead atoms. The maximum atomic E-state index is 12.0. The highest BCUT2D eigenvalue weighted by Crippen LogP contribution is 2.27. The van der Waals surface area contributed by atoms with Crippen molar-refractivity contribution in [3.05, 3.63) is 34.7 Å². The number of para-hydroxylation sites is 1. The summed E-state index contributed by atoms with van der Waals surface area (Å²) in [6, 6.07) is 6.73. The Hall–Kier alpha value is -2.50. The van der Waals surface area contributed by atoms with Gasteiger partial charge < -0.3 is 15.1 Å². The molecule has 0 fully saturated rings. The second-order valence-corrected chi connectivity index (χ2v) is 5.11. The van der Waals surface area contributed by atoms with E-state index in [1.807, 2.05) is 26.0 Å². The van der Waals surface area contributed by atoms with Gasteiger partial charge in [0.05, 0.1) is 5.69 Å². The Balaban J connectivity index is 2.37. The predicted molar refractivity (Wildman–Crippen MR) is 83.9 cm³/mol. The summed E-state index contributed by atoms with van der Waals surface area (Å²) in [6.45, 7) is 4.51. The van der Waals surface area contributed by atoms with E-state index >= 15 is 0 Å². The van der Waals surface area contributed by atoms with Crippen LogP contribution in [0, 0.1) is 5.92 Å². The summed E-state index contributed by atoms with van der Waals surface area (Å²) in [7, 11) is 1.69. The summed E-state index contributed by atoms with van der Waals surface area (Å²) < 4.78 is 5.22. The minimum absolute atomic E-state index is 0.109. The van der Waals surface area contributed by atoms with E-state index in [4.69, 9.17) is 4.42 Å². The van der Waals surface area contributed by atoms with Gasteiger partial charge in [0.1, 0.15) is 5.58 Å². The molecule has 0 saturated carbocycles. The SMILES string of the molecule is CNc1c(NC(=O)NCC(C)C)c(=O)oc2ccccc12. The monoisotopic (exact) mass is 289 g/mol. The molecular formula is C15H19N3O3. The van der Waals surface area contributed by atoms with E-state index in [1.165, 1.54) is 0 Å². The Morgan fingerprint density at radius 2 is 1.95 bits per heavy atom. The van der Waals surface area contributed by atoms with Gasteiger partial charge in [-0.05, 0) is 18.1 Å². The minimum Gasteiger partial charge on any atom is -0.421 e. The van der Waals surface area contributed by atoms with Gasteiger partial charge in [-0.1, -0.05) is 26.0 Å². The highest BCUT2D eigenvalue weighted by molar-refractivity contribution is 6.01. The van der Waals surface area contributed by atoms with E-state index in [0.29, 0.717) is 23.7 Å². The molecular weight excluding hydrogens is 270 g/mol. The molecule has 21 heavy (non-hydrogen) atoms. The van der Waals surface area contributed by atoms with Crippen LogP contribution in [0.4, 0.5) is 16.2 Å². The number of hydrogen-bond donors (Lipinski definition) is 3. The molecule has 0 radical (unpaired) electrons. The maximum absolute atomic E-state index is 12.0. The van der Waals surface area contributed by atoms with E-state index in [1.54, 1.807) is 19.2 Å². The molecule has 0 unspecified atom stereocenters. The van der Waals surface area contributed by atoms with Crippen molar-refractivity contribution >= 4 is 28.4 Å². The number of urea groups is 1. The van der Waals surface area contributed by atoms with Crippen molar-refractivity contribution < 1.29 is 9.21 Å². The quantitative estimate of drug-likeness (QED) is 0.755. The van der Waals surface area contributed by atoms with Crippen LogP contribution >= 0.6 is 0 Å². The zero-order valence-electron chi connectivity index (χ0n) is 12.3. The van der Waals surface area contributed by atoms with Gasteiger partial charge in [0.2, 0.25) is 0 Å². The lowest BCUT2D eigenvalue weighted by atomic mass is 10.2. The van der Waals surface area contributed by atoms with Crippen molar-refractivity contribution in [1.29, 1.82) is 0 Å². The molecule has 112 valence electrons. The smallest absolute Gasteiger partial charge is 0.362 e. The average Bonchev–Trinajstić information content (AvgIpc) is 2.46. The molecule has 0 aliphatic rings. The number of carbonyl (C=O) groups excluding carboxylic acids is 1. The Morgan fingerprint density at radius 3 is 2.62 bits per heavy atom. The molecule has 3 N–H and O–H groups in total. The highest BCUT2D eigenvalue weighted by atomic mass is 16.4. The van der Waals surface area contributed by atoms with Gasteiger partial charge in [0, 0.05) is 19.0 Å². The number of rotatable bonds is 4. The van der Waals surface area contributed by atoms with Gasteiger partial charge in [0.15, 0.2) is 5.69 Å². The van der Waals surface area contributed by atoms with Crippen LogP contribution in [0.1, 0.15) is 13.8 Å². The largest absolute Gasteiger partial charge is 0.421 e. The van der Waals surface area contributed by atoms with Crippen molar-refractivity contribution in [2.45, 2.75) is 13.8 Å². The molecule has 0 aliphatic carbocycles. The zero-order chi connectivity index (χ0) is 15.4. The number of nitrogens with one attached hydrogen (secondary N) is 3. The van der Waals surface area contributed by atoms with Crippen LogP contribution in [0.25, 0.3) is 11.0 Å². The van der Waals surface area contributed by atoms with Gasteiger partial charge >= 0.3 is 11.7 Å². The van der Waals surface area contributed by atoms with Gasteiger partial charge in [-0.3, -0.25) is 5.32 Å². The molecule has 0 atom stereocenters. The fraction of sp³-hybridized carbons (Fsp3) is 0.333. The fourth-order valence-electron chi connectivity index (χ4n) is 1.98. The van der Waals surface area contributed by atoms with E-state index in [-0.39, 0.29) is 5.69 Å². The Kier molecular flexibility index (Phi) is 4.47. The second kappa shape index (κ2) is 6.30. The summed E-state index contributed by atoms with van der Waals surface area (Å²) in [6.07, 6.45) is 0. The molecule has 2 aromatic rings. The molecule has 2 amide bonds. The molecule has 0 saturated heterocycles. The number of carbonyl (C=O) groups is 1. The Morgan fingerprint density at radius 1 is 1.24 bits per heavy atom. The number of hydrogen-bond acceptors (Lipinski definition) is 4. The summed E-state index contributed by atoms with van der Waals surface area (Å²) in [4.78, 5) is 23.9. The molecule has 1 heterocycles. The first-order chi connectivity index (χ1) is 10.0. The summed E-state index contributed by atoms with van der Waals surface area (Å²) >= 11 is 0. The maximum Gasteiger partial charge on any atom is 0.362 e. The van der Waals surface area contributed by atoms with Gasteiger partial charge in [-0.25, -0.2) is 9.59 Å². The Labute approximate surface area is 122 Å². The van der Waals surface area contributed by atoms with Crippen molar-refractivity contribution in [3.63, 3.8) is 0 Å². The minimum atomic E-state index is -0.585. The predicted octanol–water partition coefficient (Wildman–Crippen LogP) is 2.61.